The Balaban J connectivity index is 0.00000145. The molecule has 3 nitrogen and oxygen atoms in total. The number of likely N-dealkylation sites (tertiary alicyclic amines) is 1. The van der Waals surface area contributed by atoms with Gasteiger partial charge in [0.1, 0.15) is 23.6 Å². The molecule has 1 amide bonds. The van der Waals surface area contributed by atoms with E-state index >= 15 is 0 Å². The lowest BCUT2D eigenvalue weighted by Gasteiger charge is -2.23. The molecule has 1 saturated heterocycles. The molecule has 0 saturated carbocycles. The van der Waals surface area contributed by atoms with Gasteiger partial charge in [-0.2, -0.15) is 0 Å². The average molecular weight is 405 g/mol. The number of carbonyl (C=O) groups excluding carboxylic acids is 1. The monoisotopic (exact) mass is 405 g/mol. The van der Waals surface area contributed by atoms with Crippen molar-refractivity contribution >= 4 is 5.91 Å². The lowest BCUT2D eigenvalue weighted by atomic mass is 10.0. The third-order valence-corrected chi connectivity index (χ3v) is 4.79. The third-order valence-electron chi connectivity index (χ3n) is 4.79. The van der Waals surface area contributed by atoms with Crippen LogP contribution in [0.2, 0.25) is 0 Å². The number of aryl methyl sites for hydroxylation is 1. The number of aliphatic hydroxyl groups excluding tert-OH is 1. The minimum Gasteiger partial charge on any atom is -0.511 e. The van der Waals surface area contributed by atoms with Crippen molar-refractivity contribution in [2.75, 3.05) is 6.54 Å². The molecule has 1 aliphatic rings. The Labute approximate surface area is 169 Å². The van der Waals surface area contributed by atoms with Crippen LogP contribution in [0.3, 0.4) is 0 Å². The number of nitrogens with zero attached hydrogens (tertiary/aromatic N) is 1. The molecule has 1 fully saturated rings. The largest absolute Gasteiger partial charge is 0.511 e. The molecule has 2 atom stereocenters. The van der Waals surface area contributed by atoms with Crippen LogP contribution >= 0.6 is 0 Å². The second-order valence-electron chi connectivity index (χ2n) is 6.70. The fourth-order valence-electron chi connectivity index (χ4n) is 3.37. The highest BCUT2D eigenvalue weighted by atomic mass is 19.1. The lowest BCUT2D eigenvalue weighted by Crippen LogP contribution is -2.37. The van der Waals surface area contributed by atoms with Crippen LogP contribution in [0.5, 0.6) is 0 Å². The van der Waals surface area contributed by atoms with E-state index in [1.165, 1.54) is 0 Å². The quantitative estimate of drug-likeness (QED) is 0.677. The van der Waals surface area contributed by atoms with E-state index in [2.05, 4.69) is 6.58 Å². The van der Waals surface area contributed by atoms with Gasteiger partial charge in [0.05, 0.1) is 12.6 Å². The van der Waals surface area contributed by atoms with Gasteiger partial charge in [0, 0.05) is 17.5 Å². The summed E-state index contributed by atoms with van der Waals surface area (Å²) in [4.78, 5) is 13.6. The summed E-state index contributed by atoms with van der Waals surface area (Å²) >= 11 is 0. The van der Waals surface area contributed by atoms with Gasteiger partial charge in [0.15, 0.2) is 0 Å². The Morgan fingerprint density at radius 1 is 1.14 bits per heavy atom. The Hall–Kier alpha value is -2.76. The van der Waals surface area contributed by atoms with Crippen LogP contribution in [0.4, 0.5) is 13.2 Å². The SMILES string of the molecule is C=C(O)C1CC(F)CN1C(=O)c1cc(F)c(CCc2ccccc2)c(F)c1.CC. The average Bonchev–Trinajstić information content (AvgIpc) is 3.11. The zero-order chi connectivity index (χ0) is 21.6. The molecule has 2 unspecified atom stereocenters. The molecule has 3 rings (SSSR count). The van der Waals surface area contributed by atoms with Gasteiger partial charge in [-0.1, -0.05) is 50.8 Å². The molecule has 156 valence electrons. The van der Waals surface area contributed by atoms with Gasteiger partial charge in [-0.3, -0.25) is 4.79 Å². The van der Waals surface area contributed by atoms with E-state index in [0.29, 0.717) is 6.42 Å². The number of halogens is 3. The highest BCUT2D eigenvalue weighted by Gasteiger charge is 2.37. The first-order valence-corrected chi connectivity index (χ1v) is 9.71. The van der Waals surface area contributed by atoms with E-state index in [9.17, 15) is 23.1 Å². The van der Waals surface area contributed by atoms with E-state index < -0.39 is 29.8 Å². The smallest absolute Gasteiger partial charge is 0.254 e. The maximum Gasteiger partial charge on any atom is 0.254 e. The van der Waals surface area contributed by atoms with Crippen molar-refractivity contribution in [3.05, 3.63) is 83.1 Å². The predicted molar refractivity (Wildman–Crippen MR) is 108 cm³/mol. The fraction of sp³-hybridized carbons (Fsp3) is 0.348. The molecule has 29 heavy (non-hydrogen) atoms. The zero-order valence-corrected chi connectivity index (χ0v) is 16.7. The highest BCUT2D eigenvalue weighted by molar-refractivity contribution is 5.95. The Bertz CT molecular complexity index is 831. The van der Waals surface area contributed by atoms with Crippen molar-refractivity contribution in [3.8, 4) is 0 Å². The van der Waals surface area contributed by atoms with E-state index in [-0.39, 0.29) is 36.3 Å². The maximum absolute atomic E-state index is 14.4. The summed E-state index contributed by atoms with van der Waals surface area (Å²) in [6, 6.07) is 10.3. The third kappa shape index (κ3) is 5.40. The van der Waals surface area contributed by atoms with Gasteiger partial charge in [0.25, 0.3) is 5.91 Å². The molecule has 1 N–H and O–H groups in total. The summed E-state index contributed by atoms with van der Waals surface area (Å²) in [5.41, 5.74) is 0.643. The van der Waals surface area contributed by atoms with Gasteiger partial charge < -0.3 is 10.0 Å². The Morgan fingerprint density at radius 2 is 1.72 bits per heavy atom. The number of hydrogen-bond donors (Lipinski definition) is 1. The van der Waals surface area contributed by atoms with Crippen LogP contribution in [0, 0.1) is 11.6 Å². The van der Waals surface area contributed by atoms with Gasteiger partial charge in [-0.05, 0) is 30.5 Å². The molecule has 1 aliphatic heterocycles. The molecule has 0 aliphatic carbocycles. The molecule has 0 bridgehead atoms. The topological polar surface area (TPSA) is 40.5 Å². The van der Waals surface area contributed by atoms with Crippen LogP contribution in [0.25, 0.3) is 0 Å². The van der Waals surface area contributed by atoms with Crippen molar-refractivity contribution in [2.45, 2.75) is 45.3 Å². The number of aliphatic hydroxyl groups is 1. The van der Waals surface area contributed by atoms with Crippen molar-refractivity contribution < 1.29 is 23.1 Å². The van der Waals surface area contributed by atoms with Crippen molar-refractivity contribution in [1.82, 2.24) is 4.90 Å². The standard InChI is InChI=1S/C21H20F3NO2.C2H6/c1-13(26)20-11-16(22)12-25(20)21(27)15-9-18(23)17(19(24)10-15)8-7-14-5-3-2-4-6-14;1-2/h2-6,9-10,16,20,26H,1,7-8,11-12H2;1-2H3. The number of carbonyl (C=O) groups is 1. The first kappa shape index (κ1) is 22.5. The molecule has 0 spiro atoms. The number of benzene rings is 2. The van der Waals surface area contributed by atoms with Crippen LogP contribution < -0.4 is 0 Å². The van der Waals surface area contributed by atoms with Gasteiger partial charge in [-0.15, -0.1) is 0 Å². The maximum atomic E-state index is 14.4. The van der Waals surface area contributed by atoms with Crippen LogP contribution in [-0.4, -0.2) is 34.7 Å². The summed E-state index contributed by atoms with van der Waals surface area (Å²) in [6.07, 6.45) is -0.782. The fourth-order valence-corrected chi connectivity index (χ4v) is 3.37. The Kier molecular flexibility index (Phi) is 7.88. The highest BCUT2D eigenvalue weighted by Crippen LogP contribution is 2.27. The van der Waals surface area contributed by atoms with E-state index in [1.807, 2.05) is 44.2 Å². The molecular formula is C23H26F3NO2. The zero-order valence-electron chi connectivity index (χ0n) is 16.7. The van der Waals surface area contributed by atoms with Gasteiger partial charge >= 0.3 is 0 Å². The van der Waals surface area contributed by atoms with Crippen LogP contribution in [-0.2, 0) is 12.8 Å². The molecule has 1 heterocycles. The number of rotatable bonds is 5. The lowest BCUT2D eigenvalue weighted by molar-refractivity contribution is 0.0722. The molecule has 0 radical (unpaired) electrons. The van der Waals surface area contributed by atoms with Crippen molar-refractivity contribution in [2.24, 2.45) is 0 Å². The molecule has 2 aromatic carbocycles. The van der Waals surface area contributed by atoms with Gasteiger partial charge in [-0.25, -0.2) is 13.2 Å². The van der Waals surface area contributed by atoms with Gasteiger partial charge in [0.2, 0.25) is 0 Å². The predicted octanol–water partition coefficient (Wildman–Crippen LogP) is 5.40. The summed E-state index contributed by atoms with van der Waals surface area (Å²) in [7, 11) is 0. The summed E-state index contributed by atoms with van der Waals surface area (Å²) < 4.78 is 42.5. The van der Waals surface area contributed by atoms with Crippen LogP contribution in [0.1, 0.15) is 41.8 Å². The summed E-state index contributed by atoms with van der Waals surface area (Å²) in [5.74, 6) is -2.71. The summed E-state index contributed by atoms with van der Waals surface area (Å²) in [5, 5.41) is 9.56. The number of hydrogen-bond acceptors (Lipinski definition) is 2. The van der Waals surface area contributed by atoms with E-state index in [4.69, 9.17) is 0 Å². The normalized spacial score (nSPS) is 18.2. The number of alkyl halides is 1. The first-order chi connectivity index (χ1) is 13.9. The van der Waals surface area contributed by atoms with E-state index in [0.717, 1.165) is 22.6 Å². The first-order valence-electron chi connectivity index (χ1n) is 9.71. The van der Waals surface area contributed by atoms with Crippen LogP contribution in [0.15, 0.2) is 54.8 Å². The molecule has 0 aromatic heterocycles. The summed E-state index contributed by atoms with van der Waals surface area (Å²) in [6.45, 7) is 7.10. The minimum absolute atomic E-state index is 0.0821. The number of amides is 1. The molecular weight excluding hydrogens is 379 g/mol. The minimum atomic E-state index is -1.32. The van der Waals surface area contributed by atoms with Crippen molar-refractivity contribution in [3.63, 3.8) is 0 Å². The van der Waals surface area contributed by atoms with E-state index in [1.54, 1.807) is 0 Å². The second-order valence-corrected chi connectivity index (χ2v) is 6.70. The molecule has 2 aromatic rings. The van der Waals surface area contributed by atoms with Crippen molar-refractivity contribution in [1.29, 1.82) is 0 Å². The Morgan fingerprint density at radius 3 is 2.28 bits per heavy atom. The second kappa shape index (κ2) is 10.1. The molecule has 6 heteroatoms.